The molecule has 1 fully saturated rings. The van der Waals surface area contributed by atoms with Gasteiger partial charge in [0, 0.05) is 75.7 Å². The third-order valence-electron chi connectivity index (χ3n) is 7.63. The maximum atomic E-state index is 11.8. The van der Waals surface area contributed by atoms with Crippen LogP contribution in [0.1, 0.15) is 63.5 Å². The molecule has 2 aromatic carbocycles. The molecule has 0 spiro atoms. The van der Waals surface area contributed by atoms with E-state index < -0.39 is 11.9 Å². The number of carbonyl (C=O) groups is 2. The van der Waals surface area contributed by atoms with Crippen LogP contribution in [-0.4, -0.2) is 71.4 Å². The number of benzene rings is 2. The fourth-order valence-electron chi connectivity index (χ4n) is 5.15. The van der Waals surface area contributed by atoms with Crippen molar-refractivity contribution in [3.8, 4) is 0 Å². The molecule has 0 aliphatic carbocycles. The van der Waals surface area contributed by atoms with Crippen molar-refractivity contribution in [2.24, 2.45) is 14.1 Å². The van der Waals surface area contributed by atoms with Crippen LogP contribution < -0.4 is 18.9 Å². The molecule has 0 radical (unpaired) electrons. The second kappa shape index (κ2) is 19.4. The quantitative estimate of drug-likeness (QED) is 0.188. The molecule has 12 nitrogen and oxygen atoms in total. The number of esters is 1. The number of ether oxygens (including phenoxy) is 2. The van der Waals surface area contributed by atoms with Crippen molar-refractivity contribution in [2.75, 3.05) is 19.8 Å². The summed E-state index contributed by atoms with van der Waals surface area (Å²) in [6.45, 7) is 4.11. The van der Waals surface area contributed by atoms with Gasteiger partial charge in [-0.15, -0.1) is 0 Å². The molecular formula is C36H37Cl2LiN6O6. The molecule has 51 heavy (non-hydrogen) atoms. The van der Waals surface area contributed by atoms with Crippen molar-refractivity contribution in [3.05, 3.63) is 118 Å². The third kappa shape index (κ3) is 11.4. The van der Waals surface area contributed by atoms with E-state index in [0.717, 1.165) is 52.0 Å². The molecule has 0 amide bonds. The average molecular weight is 728 g/mol. The first-order valence-electron chi connectivity index (χ1n) is 15.7. The van der Waals surface area contributed by atoms with E-state index in [1.807, 2.05) is 60.1 Å². The molecule has 4 aromatic heterocycles. The second-order valence-corrected chi connectivity index (χ2v) is 12.2. The first-order chi connectivity index (χ1) is 23.6. The molecule has 1 aliphatic heterocycles. The van der Waals surface area contributed by atoms with Gasteiger partial charge in [0.25, 0.3) is 0 Å². The minimum atomic E-state index is -1.02. The van der Waals surface area contributed by atoms with Crippen molar-refractivity contribution < 1.29 is 48.5 Å². The Bertz CT molecular complexity index is 2090. The van der Waals surface area contributed by atoms with Crippen molar-refractivity contribution >= 4 is 56.9 Å². The Hall–Kier alpha value is -4.28. The second-order valence-electron chi connectivity index (χ2n) is 11.4. The Morgan fingerprint density at radius 3 is 1.69 bits per heavy atom. The van der Waals surface area contributed by atoms with Crippen LogP contribution in [0.5, 0.6) is 0 Å². The molecule has 0 saturated carbocycles. The Balaban J connectivity index is 0.000000234. The summed E-state index contributed by atoms with van der Waals surface area (Å²) < 4.78 is 13.5. The molecule has 0 unspecified atom stereocenters. The van der Waals surface area contributed by atoms with Gasteiger partial charge < -0.3 is 29.2 Å². The minimum Gasteiger partial charge on any atom is -0.870 e. The van der Waals surface area contributed by atoms with E-state index in [0.29, 0.717) is 41.0 Å². The van der Waals surface area contributed by atoms with Gasteiger partial charge in [0.05, 0.1) is 27.7 Å². The van der Waals surface area contributed by atoms with Gasteiger partial charge >= 0.3 is 30.8 Å². The fourth-order valence-corrected chi connectivity index (χ4v) is 5.48. The number of aromatic carboxylic acids is 1. The Morgan fingerprint density at radius 1 is 0.804 bits per heavy atom. The molecule has 1 aliphatic rings. The number of nitrogens with zero attached hydrogens (tertiary/aromatic N) is 6. The van der Waals surface area contributed by atoms with Gasteiger partial charge in [-0.1, -0.05) is 35.3 Å². The van der Waals surface area contributed by atoms with E-state index in [2.05, 4.69) is 19.9 Å². The number of imidazole rings is 2. The van der Waals surface area contributed by atoms with Gasteiger partial charge in [-0.2, -0.15) is 0 Å². The Kier molecular flexibility index (Phi) is 15.6. The number of carbonyl (C=O) groups excluding carboxylic acids is 1. The van der Waals surface area contributed by atoms with E-state index in [9.17, 15) is 9.59 Å². The molecule has 5 heterocycles. The zero-order valence-corrected chi connectivity index (χ0v) is 30.4. The van der Waals surface area contributed by atoms with Crippen molar-refractivity contribution in [3.63, 3.8) is 0 Å². The summed E-state index contributed by atoms with van der Waals surface area (Å²) in [5.74, 6) is 0.0688. The molecule has 15 heteroatoms. The van der Waals surface area contributed by atoms with Gasteiger partial charge in [-0.25, -0.2) is 19.6 Å². The van der Waals surface area contributed by atoms with E-state index >= 15 is 0 Å². The van der Waals surface area contributed by atoms with Crippen molar-refractivity contribution in [2.45, 2.75) is 32.6 Å². The zero-order valence-electron chi connectivity index (χ0n) is 28.8. The van der Waals surface area contributed by atoms with E-state index in [1.54, 1.807) is 37.1 Å². The minimum absolute atomic E-state index is 0. The van der Waals surface area contributed by atoms with Crippen LogP contribution in [0, 0.1) is 0 Å². The van der Waals surface area contributed by atoms with Gasteiger partial charge in [0.2, 0.25) is 0 Å². The molecule has 0 bridgehead atoms. The van der Waals surface area contributed by atoms with E-state index in [1.165, 1.54) is 19.0 Å². The van der Waals surface area contributed by atoms with Crippen molar-refractivity contribution in [1.82, 2.24) is 29.1 Å². The number of carboxylic acids is 1. The molecule has 6 aromatic rings. The monoisotopic (exact) mass is 726 g/mol. The Morgan fingerprint density at radius 2 is 1.27 bits per heavy atom. The van der Waals surface area contributed by atoms with Crippen LogP contribution in [0.2, 0.25) is 10.0 Å². The van der Waals surface area contributed by atoms with Gasteiger partial charge in [0.15, 0.2) is 11.4 Å². The van der Waals surface area contributed by atoms with Crippen molar-refractivity contribution in [1.29, 1.82) is 0 Å². The standard InChI is InChI=1S/C17H16ClN3O2.C15H12ClN3O2.C4H8O.Li.H2O/c1-3-23-17(22)15-10-21(2)16(20-15)7-11-4-5-14-12(6-11)8-13(18)9-19-14;1-19-8-13(15(20)21)18-14(19)5-9-2-3-12-10(4-9)6-11(16)7-17-12;1-2-4-5-3-1;;/h4-6,8-10H,3,7H2,1-2H3;2-4,6-8H,5H2,1H3,(H,20,21);1-4H2;;1H2/q;;;+1;/p-1. The number of fused-ring (bicyclic) bond motifs is 2. The van der Waals surface area contributed by atoms with Crippen LogP contribution in [-0.2, 0) is 36.4 Å². The number of carboxylic acid groups (broad SMARTS) is 1. The number of aromatic nitrogens is 6. The molecular weight excluding hydrogens is 690 g/mol. The molecule has 0 atom stereocenters. The van der Waals surface area contributed by atoms with Gasteiger partial charge in [0.1, 0.15) is 11.6 Å². The number of hydrogen-bond donors (Lipinski definition) is 1. The normalized spacial score (nSPS) is 11.8. The molecule has 262 valence electrons. The number of halogens is 2. The maximum Gasteiger partial charge on any atom is 1.00 e. The zero-order chi connectivity index (χ0) is 34.9. The number of hydrogen-bond acceptors (Lipinski definition) is 9. The van der Waals surface area contributed by atoms with Crippen LogP contribution in [0.25, 0.3) is 21.8 Å². The van der Waals surface area contributed by atoms with Crippen LogP contribution in [0.4, 0.5) is 0 Å². The van der Waals surface area contributed by atoms with Crippen LogP contribution in [0.3, 0.4) is 0 Å². The first kappa shape index (κ1) is 41.1. The predicted octanol–water partition coefficient (Wildman–Crippen LogP) is 3.92. The summed E-state index contributed by atoms with van der Waals surface area (Å²) in [6, 6.07) is 15.6. The fraction of sp³-hybridized carbons (Fsp3) is 0.278. The summed E-state index contributed by atoms with van der Waals surface area (Å²) in [7, 11) is 3.65. The predicted molar refractivity (Wildman–Crippen MR) is 190 cm³/mol. The van der Waals surface area contributed by atoms with E-state index in [-0.39, 0.29) is 30.0 Å². The van der Waals surface area contributed by atoms with E-state index in [4.69, 9.17) is 37.8 Å². The summed E-state index contributed by atoms with van der Waals surface area (Å²) in [5.41, 5.74) is 4.25. The number of pyridine rings is 2. The number of aryl methyl sites for hydroxylation is 2. The molecule has 2 N–H and O–H groups in total. The first-order valence-corrected chi connectivity index (χ1v) is 16.5. The SMILES string of the molecule is C1CCOC1.CCOC(=O)c1cn(C)c(Cc2ccc3ncc(Cl)cc3c2)n1.Cn1cc(C(=O)O)nc1Cc1ccc2ncc(Cl)cc2c1.[Li+].[OH-]. The molecule has 1 saturated heterocycles. The third-order valence-corrected chi connectivity index (χ3v) is 8.04. The molecule has 7 rings (SSSR count). The van der Waals surface area contributed by atoms with Crippen LogP contribution in [0.15, 0.2) is 73.3 Å². The average Bonchev–Trinajstić information content (AvgIpc) is 3.85. The van der Waals surface area contributed by atoms with Crippen LogP contribution >= 0.6 is 23.2 Å². The summed E-state index contributed by atoms with van der Waals surface area (Å²) >= 11 is 11.9. The smallest absolute Gasteiger partial charge is 0.870 e. The summed E-state index contributed by atoms with van der Waals surface area (Å²) in [6.07, 6.45) is 10.2. The summed E-state index contributed by atoms with van der Waals surface area (Å²) in [4.78, 5) is 39.7. The largest absolute Gasteiger partial charge is 1.00 e. The van der Waals surface area contributed by atoms with Gasteiger partial charge in [-0.3, -0.25) is 9.97 Å². The Labute approximate surface area is 317 Å². The maximum absolute atomic E-state index is 11.8. The van der Waals surface area contributed by atoms with Gasteiger partial charge in [-0.05, 0) is 67.3 Å². The number of rotatable bonds is 7. The topological polar surface area (TPSA) is 164 Å². The summed E-state index contributed by atoms with van der Waals surface area (Å²) in [5, 5.41) is 12.1.